The predicted octanol–water partition coefficient (Wildman–Crippen LogP) is 0.794. The van der Waals surface area contributed by atoms with E-state index < -0.39 is 12.0 Å². The van der Waals surface area contributed by atoms with Crippen molar-refractivity contribution in [1.82, 2.24) is 9.78 Å². The second kappa shape index (κ2) is 5.29. The Morgan fingerprint density at radius 1 is 1.56 bits per heavy atom. The van der Waals surface area contributed by atoms with Crippen LogP contribution >= 0.6 is 0 Å². The molecule has 0 aliphatic rings. The van der Waals surface area contributed by atoms with Crippen molar-refractivity contribution in [3.63, 3.8) is 0 Å². The first kappa shape index (κ1) is 12.2. The van der Waals surface area contributed by atoms with Crippen LogP contribution < -0.4 is 0 Å². The lowest BCUT2D eigenvalue weighted by Crippen LogP contribution is -2.20. The summed E-state index contributed by atoms with van der Waals surface area (Å²) in [6.07, 6.45) is 1.54. The van der Waals surface area contributed by atoms with Crippen molar-refractivity contribution in [2.24, 2.45) is 0 Å². The number of hydrogen-bond acceptors (Lipinski definition) is 5. The highest BCUT2D eigenvalue weighted by Gasteiger charge is 2.18. The van der Waals surface area contributed by atoms with Crippen LogP contribution in [0.15, 0.2) is 12.3 Å². The van der Waals surface area contributed by atoms with Gasteiger partial charge < -0.3 is 9.47 Å². The van der Waals surface area contributed by atoms with Crippen LogP contribution in [0.3, 0.4) is 0 Å². The fraction of sp³-hybridized carbons (Fsp3) is 0.500. The molecule has 0 radical (unpaired) electrons. The summed E-state index contributed by atoms with van der Waals surface area (Å²) < 4.78 is 10.7. The van der Waals surface area contributed by atoms with Crippen LogP contribution in [0.5, 0.6) is 0 Å². The topological polar surface area (TPSA) is 70.4 Å². The Bertz CT molecular complexity index is 386. The van der Waals surface area contributed by atoms with Gasteiger partial charge in [0.25, 0.3) is 0 Å². The van der Waals surface area contributed by atoms with Gasteiger partial charge in [-0.2, -0.15) is 5.10 Å². The summed E-state index contributed by atoms with van der Waals surface area (Å²) in [5, 5.41) is 3.93. The normalized spacial score (nSPS) is 11.9. The van der Waals surface area contributed by atoms with Crippen LogP contribution in [0.25, 0.3) is 0 Å². The van der Waals surface area contributed by atoms with Crippen LogP contribution in [-0.4, -0.2) is 35.4 Å². The Kier molecular flexibility index (Phi) is 4.04. The first-order valence-electron chi connectivity index (χ1n) is 4.90. The molecule has 88 valence electrons. The summed E-state index contributed by atoms with van der Waals surface area (Å²) in [4.78, 5) is 22.5. The standard InChI is InChI=1S/C10H14N2O4/c1-4-16-9(13)7(2)12-6-5-8(11-12)10(14)15-3/h5-7H,4H2,1-3H3/t7-/m0/s1. The first-order valence-corrected chi connectivity index (χ1v) is 4.90. The molecule has 1 heterocycles. The summed E-state index contributed by atoms with van der Waals surface area (Å²) in [7, 11) is 1.27. The number of nitrogens with zero attached hydrogens (tertiary/aromatic N) is 2. The van der Waals surface area contributed by atoms with Gasteiger partial charge >= 0.3 is 11.9 Å². The summed E-state index contributed by atoms with van der Waals surface area (Å²) in [6.45, 7) is 3.69. The van der Waals surface area contributed by atoms with Crippen molar-refractivity contribution in [3.8, 4) is 0 Å². The fourth-order valence-electron chi connectivity index (χ4n) is 1.14. The maximum absolute atomic E-state index is 11.4. The molecule has 0 fully saturated rings. The Hall–Kier alpha value is -1.85. The third-order valence-corrected chi connectivity index (χ3v) is 2.03. The van der Waals surface area contributed by atoms with E-state index in [4.69, 9.17) is 4.74 Å². The van der Waals surface area contributed by atoms with Crippen LogP contribution in [0.2, 0.25) is 0 Å². The molecule has 16 heavy (non-hydrogen) atoms. The number of ether oxygens (including phenoxy) is 2. The molecule has 0 unspecified atom stereocenters. The highest BCUT2D eigenvalue weighted by Crippen LogP contribution is 2.08. The van der Waals surface area contributed by atoms with E-state index in [0.29, 0.717) is 6.61 Å². The van der Waals surface area contributed by atoms with E-state index in [1.165, 1.54) is 24.1 Å². The molecule has 1 rings (SSSR count). The summed E-state index contributed by atoms with van der Waals surface area (Å²) in [5.74, 6) is -0.920. The van der Waals surface area contributed by atoms with Crippen LogP contribution in [0, 0.1) is 0 Å². The van der Waals surface area contributed by atoms with E-state index in [1.807, 2.05) is 0 Å². The summed E-state index contributed by atoms with van der Waals surface area (Å²) in [5.41, 5.74) is 0.165. The number of esters is 2. The van der Waals surface area contributed by atoms with E-state index in [-0.39, 0.29) is 11.7 Å². The maximum Gasteiger partial charge on any atom is 0.358 e. The van der Waals surface area contributed by atoms with E-state index in [2.05, 4.69) is 9.84 Å². The van der Waals surface area contributed by atoms with E-state index >= 15 is 0 Å². The minimum atomic E-state index is -0.557. The van der Waals surface area contributed by atoms with Crippen LogP contribution in [-0.2, 0) is 14.3 Å². The zero-order valence-electron chi connectivity index (χ0n) is 9.47. The average molecular weight is 226 g/mol. The number of methoxy groups -OCH3 is 1. The maximum atomic E-state index is 11.4. The lowest BCUT2D eigenvalue weighted by molar-refractivity contribution is -0.146. The third-order valence-electron chi connectivity index (χ3n) is 2.03. The Morgan fingerprint density at radius 2 is 2.25 bits per heavy atom. The average Bonchev–Trinajstić information content (AvgIpc) is 2.76. The second-order valence-electron chi connectivity index (χ2n) is 3.10. The number of carbonyl (C=O) groups is 2. The van der Waals surface area contributed by atoms with Gasteiger partial charge in [0.15, 0.2) is 5.69 Å². The molecule has 0 saturated carbocycles. The molecule has 0 amide bonds. The molecule has 0 bridgehead atoms. The molecule has 6 nitrogen and oxygen atoms in total. The number of rotatable bonds is 4. The molecule has 0 saturated heterocycles. The molecule has 0 spiro atoms. The Balaban J connectivity index is 2.77. The first-order chi connectivity index (χ1) is 7.60. The largest absolute Gasteiger partial charge is 0.464 e. The monoisotopic (exact) mass is 226 g/mol. The van der Waals surface area contributed by atoms with Gasteiger partial charge in [0.2, 0.25) is 0 Å². The molecule has 1 aromatic heterocycles. The molecular formula is C10H14N2O4. The molecular weight excluding hydrogens is 212 g/mol. The van der Waals surface area contributed by atoms with Crippen LogP contribution in [0.1, 0.15) is 30.4 Å². The number of carbonyl (C=O) groups excluding carboxylic acids is 2. The minimum Gasteiger partial charge on any atom is -0.464 e. The second-order valence-corrected chi connectivity index (χ2v) is 3.10. The highest BCUT2D eigenvalue weighted by atomic mass is 16.5. The minimum absolute atomic E-state index is 0.165. The molecule has 6 heteroatoms. The zero-order valence-corrected chi connectivity index (χ0v) is 9.47. The molecule has 0 N–H and O–H groups in total. The van der Waals surface area contributed by atoms with Crippen molar-refractivity contribution >= 4 is 11.9 Å². The smallest absolute Gasteiger partial charge is 0.358 e. The number of aromatic nitrogens is 2. The highest BCUT2D eigenvalue weighted by molar-refractivity contribution is 5.87. The lowest BCUT2D eigenvalue weighted by Gasteiger charge is -2.10. The van der Waals surface area contributed by atoms with E-state index in [1.54, 1.807) is 13.8 Å². The van der Waals surface area contributed by atoms with Gasteiger partial charge in [0.05, 0.1) is 13.7 Å². The van der Waals surface area contributed by atoms with Gasteiger partial charge in [-0.3, -0.25) is 4.68 Å². The van der Waals surface area contributed by atoms with E-state index in [9.17, 15) is 9.59 Å². The van der Waals surface area contributed by atoms with Gasteiger partial charge in [-0.25, -0.2) is 9.59 Å². The molecule has 1 aromatic rings. The lowest BCUT2D eigenvalue weighted by atomic mass is 10.3. The predicted molar refractivity (Wildman–Crippen MR) is 54.9 cm³/mol. The van der Waals surface area contributed by atoms with Gasteiger partial charge in [0.1, 0.15) is 6.04 Å². The molecule has 0 aromatic carbocycles. The summed E-state index contributed by atoms with van der Waals surface area (Å²) in [6, 6.07) is 0.931. The quantitative estimate of drug-likeness (QED) is 0.710. The van der Waals surface area contributed by atoms with Crippen molar-refractivity contribution in [3.05, 3.63) is 18.0 Å². The SMILES string of the molecule is CCOC(=O)[C@H](C)n1ccc(C(=O)OC)n1. The van der Waals surface area contributed by atoms with Crippen LogP contribution in [0.4, 0.5) is 0 Å². The Morgan fingerprint density at radius 3 is 2.81 bits per heavy atom. The third kappa shape index (κ3) is 2.59. The van der Waals surface area contributed by atoms with Gasteiger partial charge in [-0.1, -0.05) is 0 Å². The molecule has 0 aliphatic heterocycles. The summed E-state index contributed by atoms with van der Waals surface area (Å²) >= 11 is 0. The molecule has 1 atom stereocenters. The fourth-order valence-corrected chi connectivity index (χ4v) is 1.14. The van der Waals surface area contributed by atoms with E-state index in [0.717, 1.165) is 0 Å². The van der Waals surface area contributed by atoms with Crippen molar-refractivity contribution in [1.29, 1.82) is 0 Å². The van der Waals surface area contributed by atoms with Crippen molar-refractivity contribution < 1.29 is 19.1 Å². The van der Waals surface area contributed by atoms with Gasteiger partial charge in [-0.15, -0.1) is 0 Å². The van der Waals surface area contributed by atoms with Crippen molar-refractivity contribution in [2.75, 3.05) is 13.7 Å². The Labute approximate surface area is 93.1 Å². The van der Waals surface area contributed by atoms with Gasteiger partial charge in [0, 0.05) is 6.20 Å². The zero-order chi connectivity index (χ0) is 12.1. The number of hydrogen-bond donors (Lipinski definition) is 0. The van der Waals surface area contributed by atoms with Crippen molar-refractivity contribution in [2.45, 2.75) is 19.9 Å². The molecule has 0 aliphatic carbocycles. The van der Waals surface area contributed by atoms with Gasteiger partial charge in [-0.05, 0) is 19.9 Å².